The van der Waals surface area contributed by atoms with Crippen molar-refractivity contribution in [3.05, 3.63) is 60.2 Å². The van der Waals surface area contributed by atoms with Crippen molar-refractivity contribution in [2.45, 2.75) is 6.92 Å². The molecule has 3 aromatic rings. The van der Waals surface area contributed by atoms with Crippen LogP contribution in [0, 0.1) is 6.92 Å². The third kappa shape index (κ3) is 2.71. The van der Waals surface area contributed by atoms with Crippen LogP contribution in [0.15, 0.2) is 54.6 Å². The summed E-state index contributed by atoms with van der Waals surface area (Å²) in [7, 11) is 0.235. The van der Waals surface area contributed by atoms with Gasteiger partial charge in [-0.25, -0.2) is 0 Å². The maximum atomic E-state index is 9.24. The van der Waals surface area contributed by atoms with Gasteiger partial charge in [-0.05, 0) is 58.0 Å². The predicted octanol–water partition coefficient (Wildman–Crippen LogP) is 2.50. The van der Waals surface area contributed by atoms with Crippen LogP contribution in [0.4, 0.5) is 0 Å². The Kier molecular flexibility index (Phi) is 3.88. The van der Waals surface area contributed by atoms with Gasteiger partial charge in [0.1, 0.15) is 5.75 Å². The average molecular weight is 292 g/mol. The fraction of sp³-hybridized carbons (Fsp3) is 0.111. The second-order valence-electron chi connectivity index (χ2n) is 5.38. The van der Waals surface area contributed by atoms with Crippen LogP contribution in [0.2, 0.25) is 0 Å². The van der Waals surface area contributed by atoms with Gasteiger partial charge < -0.3 is 14.8 Å². The molecule has 3 nitrogen and oxygen atoms in total. The Hall–Kier alpha value is -2.30. The summed E-state index contributed by atoms with van der Waals surface area (Å²) < 4.78 is 5.29. The van der Waals surface area contributed by atoms with E-state index in [-0.39, 0.29) is 0 Å². The van der Waals surface area contributed by atoms with Gasteiger partial charge in [-0.15, -0.1) is 0 Å². The van der Waals surface area contributed by atoms with Crippen LogP contribution >= 0.6 is 0 Å². The first kappa shape index (κ1) is 14.6. The van der Waals surface area contributed by atoms with Crippen molar-refractivity contribution in [1.29, 1.82) is 0 Å². The minimum Gasteiger partial charge on any atom is -0.496 e. The smallest absolute Gasteiger partial charge is 0.488 e. The van der Waals surface area contributed by atoms with Crippen molar-refractivity contribution in [3.63, 3.8) is 0 Å². The molecule has 0 unspecified atom stereocenters. The molecular formula is C18H17BO3. The van der Waals surface area contributed by atoms with Crippen molar-refractivity contribution < 1.29 is 14.8 Å². The number of methoxy groups -OCH3 is 1. The van der Waals surface area contributed by atoms with Crippen LogP contribution in [0.3, 0.4) is 0 Å². The lowest BCUT2D eigenvalue weighted by Crippen LogP contribution is -2.29. The van der Waals surface area contributed by atoms with Crippen molar-refractivity contribution in [1.82, 2.24) is 0 Å². The molecule has 0 aromatic heterocycles. The van der Waals surface area contributed by atoms with Gasteiger partial charge in [0.2, 0.25) is 0 Å². The Balaban J connectivity index is 2.05. The van der Waals surface area contributed by atoms with Gasteiger partial charge in [0, 0.05) is 0 Å². The minimum atomic E-state index is -1.44. The van der Waals surface area contributed by atoms with Crippen LogP contribution in [0.25, 0.3) is 21.9 Å². The second kappa shape index (κ2) is 5.83. The van der Waals surface area contributed by atoms with Crippen LogP contribution < -0.4 is 10.2 Å². The Morgan fingerprint density at radius 2 is 1.45 bits per heavy atom. The van der Waals surface area contributed by atoms with Crippen LogP contribution in [-0.4, -0.2) is 24.3 Å². The molecule has 0 fully saturated rings. The topological polar surface area (TPSA) is 49.7 Å². The molecule has 0 aliphatic carbocycles. The number of ether oxygens (including phenoxy) is 1. The summed E-state index contributed by atoms with van der Waals surface area (Å²) in [5, 5.41) is 20.5. The molecule has 0 aliphatic rings. The number of benzene rings is 3. The molecule has 0 bridgehead atoms. The lowest BCUT2D eigenvalue weighted by molar-refractivity contribution is 0.412. The van der Waals surface area contributed by atoms with Gasteiger partial charge in [0.15, 0.2) is 0 Å². The molecule has 22 heavy (non-hydrogen) atoms. The van der Waals surface area contributed by atoms with E-state index in [1.807, 2.05) is 37.3 Å². The molecule has 3 rings (SSSR count). The number of rotatable bonds is 3. The fourth-order valence-corrected chi connectivity index (χ4v) is 2.66. The second-order valence-corrected chi connectivity index (χ2v) is 5.38. The SMILES string of the molecule is COc1ccc(-c2ccc3cc(B(O)O)ccc3c2)cc1C. The average Bonchev–Trinajstić information content (AvgIpc) is 2.53. The van der Waals surface area contributed by atoms with E-state index in [1.54, 1.807) is 19.2 Å². The maximum Gasteiger partial charge on any atom is 0.488 e. The summed E-state index contributed by atoms with van der Waals surface area (Å²) in [6, 6.07) is 17.7. The Labute approximate surface area is 129 Å². The summed E-state index contributed by atoms with van der Waals surface area (Å²) in [6.07, 6.45) is 0. The van der Waals surface area contributed by atoms with Gasteiger partial charge in [-0.3, -0.25) is 0 Å². The first-order valence-corrected chi connectivity index (χ1v) is 7.13. The molecular weight excluding hydrogens is 275 g/mol. The zero-order valence-corrected chi connectivity index (χ0v) is 12.6. The van der Waals surface area contributed by atoms with Gasteiger partial charge in [0.05, 0.1) is 7.11 Å². The maximum absolute atomic E-state index is 9.24. The highest BCUT2D eigenvalue weighted by molar-refractivity contribution is 6.58. The molecule has 4 heteroatoms. The quantitative estimate of drug-likeness (QED) is 0.729. The number of hydrogen-bond acceptors (Lipinski definition) is 3. The molecule has 2 N–H and O–H groups in total. The summed E-state index contributed by atoms with van der Waals surface area (Å²) in [5.74, 6) is 0.881. The predicted molar refractivity (Wildman–Crippen MR) is 90.5 cm³/mol. The zero-order valence-electron chi connectivity index (χ0n) is 12.6. The molecule has 0 saturated heterocycles. The highest BCUT2D eigenvalue weighted by Gasteiger charge is 2.11. The minimum absolute atomic E-state index is 0.501. The monoisotopic (exact) mass is 292 g/mol. The number of aryl methyl sites for hydroxylation is 1. The molecule has 0 saturated carbocycles. The van der Waals surface area contributed by atoms with Crippen molar-refractivity contribution >= 4 is 23.4 Å². The summed E-state index contributed by atoms with van der Waals surface area (Å²) >= 11 is 0. The largest absolute Gasteiger partial charge is 0.496 e. The first-order chi connectivity index (χ1) is 10.6. The van der Waals surface area contributed by atoms with Crippen molar-refractivity contribution in [2.24, 2.45) is 0 Å². The third-order valence-electron chi connectivity index (χ3n) is 3.89. The Bertz CT molecular complexity index is 828. The van der Waals surface area contributed by atoms with E-state index in [9.17, 15) is 10.0 Å². The standard InChI is InChI=1S/C18H17BO3/c1-12-9-13(6-8-18(12)22-2)14-3-4-16-11-17(19(20)21)7-5-15(16)10-14/h3-11,20-21H,1-2H3. The van der Waals surface area contributed by atoms with Gasteiger partial charge >= 0.3 is 7.12 Å². The van der Waals surface area contributed by atoms with Crippen LogP contribution in [-0.2, 0) is 0 Å². The van der Waals surface area contributed by atoms with E-state index in [1.165, 1.54) is 0 Å². The number of hydrogen-bond donors (Lipinski definition) is 2. The van der Waals surface area contributed by atoms with Gasteiger partial charge in [-0.1, -0.05) is 36.4 Å². The zero-order chi connectivity index (χ0) is 15.7. The van der Waals surface area contributed by atoms with E-state index in [0.29, 0.717) is 5.46 Å². The third-order valence-corrected chi connectivity index (χ3v) is 3.89. The van der Waals surface area contributed by atoms with Gasteiger partial charge in [0.25, 0.3) is 0 Å². The van der Waals surface area contributed by atoms with E-state index >= 15 is 0 Å². The molecule has 0 radical (unpaired) electrons. The molecule has 110 valence electrons. The molecule has 0 heterocycles. The molecule has 3 aromatic carbocycles. The van der Waals surface area contributed by atoms with E-state index < -0.39 is 7.12 Å². The Morgan fingerprint density at radius 3 is 2.14 bits per heavy atom. The highest BCUT2D eigenvalue weighted by Crippen LogP contribution is 2.28. The first-order valence-electron chi connectivity index (χ1n) is 7.13. The summed E-state index contributed by atoms with van der Waals surface area (Å²) in [5.41, 5.74) is 3.85. The van der Waals surface area contributed by atoms with E-state index in [0.717, 1.165) is 33.2 Å². The van der Waals surface area contributed by atoms with Crippen molar-refractivity contribution in [3.8, 4) is 16.9 Å². The lowest BCUT2D eigenvalue weighted by Gasteiger charge is -2.09. The van der Waals surface area contributed by atoms with Crippen LogP contribution in [0.1, 0.15) is 5.56 Å². The summed E-state index contributed by atoms with van der Waals surface area (Å²) in [4.78, 5) is 0. The van der Waals surface area contributed by atoms with E-state index in [4.69, 9.17) is 4.74 Å². The molecule has 0 spiro atoms. The normalized spacial score (nSPS) is 10.7. The molecule has 0 atom stereocenters. The molecule has 0 amide bonds. The lowest BCUT2D eigenvalue weighted by atomic mass is 9.79. The highest BCUT2D eigenvalue weighted by atomic mass is 16.5. The van der Waals surface area contributed by atoms with Crippen LogP contribution in [0.5, 0.6) is 5.75 Å². The molecule has 0 aliphatic heterocycles. The fourth-order valence-electron chi connectivity index (χ4n) is 2.66. The van der Waals surface area contributed by atoms with E-state index in [2.05, 4.69) is 12.1 Å². The summed E-state index contributed by atoms with van der Waals surface area (Å²) in [6.45, 7) is 2.03. The van der Waals surface area contributed by atoms with Gasteiger partial charge in [-0.2, -0.15) is 0 Å². The number of fused-ring (bicyclic) bond motifs is 1. The Morgan fingerprint density at radius 1 is 0.818 bits per heavy atom. The van der Waals surface area contributed by atoms with Crippen molar-refractivity contribution in [2.75, 3.05) is 7.11 Å².